The third-order valence-corrected chi connectivity index (χ3v) is 17.5. The molecule has 6 heteroatoms. The second-order valence-electron chi connectivity index (χ2n) is 20.8. The predicted molar refractivity (Wildman–Crippen MR) is 226 cm³/mol. The SMILES string of the molecule is CC(C)C1=C2[C@H]3CC[C@@H]4[C@@]5(C)CC=C(C6=CCC(CF)(C(=O)OCc7ccccc7)CC6)C(C)(C)[C@@H]5CC[C@@]4(C)[C@]3(C)CC[C@@]2(C(=O)OCc2ccccc2)CC1=O. The molecule has 0 amide bonds. The van der Waals surface area contributed by atoms with Gasteiger partial charge in [-0.05, 0) is 143 Å². The molecule has 0 spiro atoms. The molecule has 6 aliphatic rings. The number of ether oxygens (including phenoxy) is 2. The molecular formula is C52H65FO5. The molecule has 0 saturated heterocycles. The van der Waals surface area contributed by atoms with Crippen LogP contribution in [0.5, 0.6) is 0 Å². The molecule has 0 radical (unpaired) electrons. The standard InChI is InChI=1S/C52H65FO5/c1-34(2)43-40(54)30-52(46(56)58-32-36-16-12-9-13-17-36)29-28-49(6)39(44(43)52)18-19-42-48(5)24-22-38(47(3,4)41(48)23-25-50(42,49)7)37-20-26-51(33-53,27-21-37)45(55)57-31-35-14-10-8-11-15-35/h8-17,20,22,34,39,41-42H,18-19,21,23-33H2,1-7H3/t39-,41+,42-,48+,49-,50-,51?,52-/m1/s1. The lowest BCUT2D eigenvalue weighted by Crippen LogP contribution is -2.64. The zero-order chi connectivity index (χ0) is 41.3. The van der Waals surface area contributed by atoms with Gasteiger partial charge in [0.1, 0.15) is 19.9 Å². The lowest BCUT2D eigenvalue weighted by atomic mass is 9.33. The molecule has 8 atom stereocenters. The molecule has 3 fully saturated rings. The van der Waals surface area contributed by atoms with Crippen molar-refractivity contribution in [3.8, 4) is 0 Å². The van der Waals surface area contributed by atoms with Crippen LogP contribution in [0.15, 0.2) is 95.1 Å². The Labute approximate surface area is 346 Å². The number of Topliss-reactive ketones (excluding diaryl/α,β-unsaturated/α-hetero) is 1. The average molecular weight is 789 g/mol. The monoisotopic (exact) mass is 788 g/mol. The first kappa shape index (κ1) is 41.0. The smallest absolute Gasteiger partial charge is 0.317 e. The van der Waals surface area contributed by atoms with Crippen LogP contribution in [-0.2, 0) is 37.1 Å². The molecule has 58 heavy (non-hydrogen) atoms. The summed E-state index contributed by atoms with van der Waals surface area (Å²) in [5, 5.41) is 0. The molecule has 6 aliphatic carbocycles. The van der Waals surface area contributed by atoms with Crippen molar-refractivity contribution in [1.82, 2.24) is 0 Å². The lowest BCUT2D eigenvalue weighted by molar-refractivity contribution is -0.202. The third kappa shape index (κ3) is 6.15. The van der Waals surface area contributed by atoms with Crippen molar-refractivity contribution >= 4 is 17.7 Å². The van der Waals surface area contributed by atoms with Gasteiger partial charge in [0.15, 0.2) is 5.78 Å². The number of carbonyl (C=O) groups is 3. The minimum absolute atomic E-state index is 0.0361. The fourth-order valence-corrected chi connectivity index (χ4v) is 14.3. The van der Waals surface area contributed by atoms with Gasteiger partial charge in [-0.25, -0.2) is 4.39 Å². The van der Waals surface area contributed by atoms with Crippen LogP contribution in [0, 0.1) is 56.2 Å². The molecule has 1 unspecified atom stereocenters. The quantitative estimate of drug-likeness (QED) is 0.237. The molecule has 2 aromatic carbocycles. The van der Waals surface area contributed by atoms with E-state index >= 15 is 0 Å². The summed E-state index contributed by atoms with van der Waals surface area (Å²) in [6.45, 7) is 16.4. The van der Waals surface area contributed by atoms with Crippen LogP contribution >= 0.6 is 0 Å². The highest BCUT2D eigenvalue weighted by atomic mass is 19.1. The van der Waals surface area contributed by atoms with Gasteiger partial charge in [0, 0.05) is 6.42 Å². The van der Waals surface area contributed by atoms with Crippen molar-refractivity contribution in [2.24, 2.45) is 56.2 Å². The Kier molecular flexibility index (Phi) is 10.4. The number of benzene rings is 2. The first-order valence-corrected chi connectivity index (χ1v) is 22.2. The second kappa shape index (κ2) is 14.7. The minimum atomic E-state index is -1.13. The van der Waals surface area contributed by atoms with Gasteiger partial charge in [0.05, 0.1) is 10.8 Å². The zero-order valence-electron chi connectivity index (χ0n) is 36.1. The van der Waals surface area contributed by atoms with Crippen LogP contribution in [0.2, 0.25) is 0 Å². The summed E-state index contributed by atoms with van der Waals surface area (Å²) in [5.41, 5.74) is 4.55. The van der Waals surface area contributed by atoms with Gasteiger partial charge >= 0.3 is 11.9 Å². The largest absolute Gasteiger partial charge is 0.460 e. The number of hydrogen-bond donors (Lipinski definition) is 0. The number of rotatable bonds is 9. The van der Waals surface area contributed by atoms with Crippen LogP contribution in [0.4, 0.5) is 4.39 Å². The van der Waals surface area contributed by atoms with Crippen molar-refractivity contribution in [2.75, 3.05) is 6.67 Å². The third-order valence-electron chi connectivity index (χ3n) is 17.5. The Bertz CT molecular complexity index is 2040. The first-order valence-electron chi connectivity index (χ1n) is 22.2. The molecule has 0 heterocycles. The van der Waals surface area contributed by atoms with E-state index in [0.717, 1.165) is 60.8 Å². The Hall–Kier alpha value is -3.80. The van der Waals surface area contributed by atoms with Gasteiger partial charge in [0.25, 0.3) is 0 Å². The van der Waals surface area contributed by atoms with Gasteiger partial charge in [-0.15, -0.1) is 0 Å². The van der Waals surface area contributed by atoms with Crippen molar-refractivity contribution in [2.45, 2.75) is 132 Å². The number of fused-ring (bicyclic) bond motifs is 7. The molecular weight excluding hydrogens is 724 g/mol. The summed E-state index contributed by atoms with van der Waals surface area (Å²) in [4.78, 5) is 41.8. The highest BCUT2D eigenvalue weighted by molar-refractivity contribution is 6.06. The predicted octanol–water partition coefficient (Wildman–Crippen LogP) is 12.1. The zero-order valence-corrected chi connectivity index (χ0v) is 36.1. The van der Waals surface area contributed by atoms with Gasteiger partial charge in [0.2, 0.25) is 0 Å². The minimum Gasteiger partial charge on any atom is -0.460 e. The maximum Gasteiger partial charge on any atom is 0.317 e. The van der Waals surface area contributed by atoms with Gasteiger partial charge in [-0.2, -0.15) is 0 Å². The Balaban J connectivity index is 1.05. The van der Waals surface area contributed by atoms with E-state index in [2.05, 4.69) is 60.6 Å². The number of allylic oxidation sites excluding steroid dienone is 5. The number of ketones is 1. The van der Waals surface area contributed by atoms with E-state index in [9.17, 15) is 18.8 Å². The molecule has 3 saturated carbocycles. The Morgan fingerprint density at radius 1 is 0.741 bits per heavy atom. The second-order valence-corrected chi connectivity index (χ2v) is 20.8. The molecule has 0 N–H and O–H groups in total. The van der Waals surface area contributed by atoms with Crippen LogP contribution in [0.1, 0.15) is 130 Å². The molecule has 0 aromatic heterocycles. The highest BCUT2D eigenvalue weighted by Crippen LogP contribution is 2.77. The summed E-state index contributed by atoms with van der Waals surface area (Å²) in [5.74, 6) is 0.685. The first-order chi connectivity index (χ1) is 27.6. The fraction of sp³-hybridized carbons (Fsp3) is 0.596. The van der Waals surface area contributed by atoms with E-state index in [1.54, 1.807) is 0 Å². The van der Waals surface area contributed by atoms with E-state index in [-0.39, 0.29) is 64.9 Å². The average Bonchev–Trinajstić information content (AvgIpc) is 3.53. The van der Waals surface area contributed by atoms with Gasteiger partial charge in [-0.3, -0.25) is 14.4 Å². The molecule has 0 aliphatic heterocycles. The molecule has 8 rings (SSSR count). The van der Waals surface area contributed by atoms with Gasteiger partial charge in [-0.1, -0.05) is 121 Å². The van der Waals surface area contributed by atoms with E-state index in [0.29, 0.717) is 37.5 Å². The van der Waals surface area contributed by atoms with Crippen molar-refractivity contribution in [3.05, 3.63) is 106 Å². The topological polar surface area (TPSA) is 69.7 Å². The van der Waals surface area contributed by atoms with E-state index in [1.807, 2.05) is 60.7 Å². The normalized spacial score (nSPS) is 36.5. The van der Waals surface area contributed by atoms with Crippen LogP contribution in [0.3, 0.4) is 0 Å². The Morgan fingerprint density at radius 3 is 1.97 bits per heavy atom. The number of carbonyl (C=O) groups excluding carboxylic acids is 3. The summed E-state index contributed by atoms with van der Waals surface area (Å²) in [6.07, 6.45) is 13.3. The number of alkyl halides is 1. The van der Waals surface area contributed by atoms with E-state index in [1.165, 1.54) is 11.1 Å². The van der Waals surface area contributed by atoms with Crippen LogP contribution in [0.25, 0.3) is 0 Å². The lowest BCUT2D eigenvalue weighted by Gasteiger charge is -2.71. The molecule has 2 aromatic rings. The highest BCUT2D eigenvalue weighted by Gasteiger charge is 2.70. The molecule has 0 bridgehead atoms. The summed E-state index contributed by atoms with van der Waals surface area (Å²) >= 11 is 0. The van der Waals surface area contributed by atoms with E-state index in [4.69, 9.17) is 9.47 Å². The number of halogens is 1. The van der Waals surface area contributed by atoms with Crippen LogP contribution in [-0.4, -0.2) is 24.4 Å². The molecule has 310 valence electrons. The maximum atomic E-state index is 14.8. The van der Waals surface area contributed by atoms with Gasteiger partial charge < -0.3 is 9.47 Å². The van der Waals surface area contributed by atoms with Crippen molar-refractivity contribution in [1.29, 1.82) is 0 Å². The maximum absolute atomic E-state index is 14.8. The summed E-state index contributed by atoms with van der Waals surface area (Å²) < 4.78 is 26.6. The van der Waals surface area contributed by atoms with Crippen molar-refractivity contribution < 1.29 is 28.2 Å². The fourth-order valence-electron chi connectivity index (χ4n) is 14.3. The summed E-state index contributed by atoms with van der Waals surface area (Å²) in [7, 11) is 0. The number of hydrogen-bond acceptors (Lipinski definition) is 5. The summed E-state index contributed by atoms with van der Waals surface area (Å²) in [6, 6.07) is 19.5. The number of esters is 2. The van der Waals surface area contributed by atoms with Crippen LogP contribution < -0.4 is 0 Å². The van der Waals surface area contributed by atoms with E-state index < -0.39 is 23.5 Å². The Morgan fingerprint density at radius 2 is 1.38 bits per heavy atom. The van der Waals surface area contributed by atoms with Crippen molar-refractivity contribution in [3.63, 3.8) is 0 Å². The molecule has 5 nitrogen and oxygen atoms in total.